The SMILES string of the molecule is CCC(C)c1ccc(OCCCCn2c(C(C)NC(=O)c3ccc(C)cc3)nc3ccccc32)cc1. The second-order valence-electron chi connectivity index (χ2n) is 9.61. The van der Waals surface area contributed by atoms with E-state index in [0.717, 1.165) is 54.0 Å². The molecule has 1 N–H and O–H groups in total. The standard InChI is InChI=1S/C31H37N3O2/c1-5-23(3)25-16-18-27(19-17-25)36-21-9-8-20-34-29-11-7-6-10-28(29)33-30(34)24(4)32-31(35)26-14-12-22(2)13-15-26/h6-7,10-19,23-24H,5,8-9,20-21H2,1-4H3,(H,32,35). The highest BCUT2D eigenvalue weighted by Crippen LogP contribution is 2.23. The van der Waals surface area contributed by atoms with E-state index in [2.05, 4.69) is 54.1 Å². The van der Waals surface area contributed by atoms with Crippen molar-refractivity contribution in [3.8, 4) is 5.75 Å². The lowest BCUT2D eigenvalue weighted by Crippen LogP contribution is -2.28. The van der Waals surface area contributed by atoms with Crippen LogP contribution in [0.25, 0.3) is 11.0 Å². The number of benzene rings is 3. The van der Waals surface area contributed by atoms with Gasteiger partial charge in [-0.2, -0.15) is 0 Å². The van der Waals surface area contributed by atoms with Crippen LogP contribution in [-0.2, 0) is 6.54 Å². The van der Waals surface area contributed by atoms with Crippen molar-refractivity contribution in [3.63, 3.8) is 0 Å². The summed E-state index contributed by atoms with van der Waals surface area (Å²) in [6, 6.07) is 24.0. The molecule has 0 saturated heterocycles. The van der Waals surface area contributed by atoms with Gasteiger partial charge in [-0.3, -0.25) is 4.79 Å². The van der Waals surface area contributed by atoms with Crippen LogP contribution in [0.5, 0.6) is 5.75 Å². The number of rotatable bonds is 11. The maximum absolute atomic E-state index is 12.8. The van der Waals surface area contributed by atoms with Crippen LogP contribution in [0.15, 0.2) is 72.8 Å². The quantitative estimate of drug-likeness (QED) is 0.229. The smallest absolute Gasteiger partial charge is 0.251 e. The minimum absolute atomic E-state index is 0.0890. The molecule has 4 rings (SSSR count). The van der Waals surface area contributed by atoms with Crippen LogP contribution in [-0.4, -0.2) is 22.1 Å². The molecule has 0 saturated carbocycles. The predicted molar refractivity (Wildman–Crippen MR) is 147 cm³/mol. The first kappa shape index (κ1) is 25.5. The molecule has 3 aromatic carbocycles. The summed E-state index contributed by atoms with van der Waals surface area (Å²) in [6.45, 7) is 9.96. The molecule has 0 fully saturated rings. The predicted octanol–water partition coefficient (Wildman–Crippen LogP) is 7.21. The van der Waals surface area contributed by atoms with Gasteiger partial charge in [-0.15, -0.1) is 0 Å². The molecule has 188 valence electrons. The number of fused-ring (bicyclic) bond motifs is 1. The van der Waals surface area contributed by atoms with Crippen molar-refractivity contribution >= 4 is 16.9 Å². The Hall–Kier alpha value is -3.60. The topological polar surface area (TPSA) is 56.1 Å². The highest BCUT2D eigenvalue weighted by atomic mass is 16.5. The molecule has 5 nitrogen and oxygen atoms in total. The van der Waals surface area contributed by atoms with E-state index in [0.29, 0.717) is 18.1 Å². The van der Waals surface area contributed by atoms with Crippen molar-refractivity contribution in [2.75, 3.05) is 6.61 Å². The van der Waals surface area contributed by atoms with Gasteiger partial charge in [0.05, 0.1) is 23.7 Å². The molecule has 0 spiro atoms. The summed E-state index contributed by atoms with van der Waals surface area (Å²) in [6.07, 6.45) is 3.03. The Balaban J connectivity index is 1.37. The lowest BCUT2D eigenvalue weighted by Gasteiger charge is -2.17. The number of para-hydroxylation sites is 2. The minimum Gasteiger partial charge on any atom is -0.494 e. The van der Waals surface area contributed by atoms with Crippen molar-refractivity contribution in [2.24, 2.45) is 0 Å². The summed E-state index contributed by atoms with van der Waals surface area (Å²) in [5, 5.41) is 3.13. The fraction of sp³-hybridized carbons (Fsp3) is 0.355. The lowest BCUT2D eigenvalue weighted by molar-refractivity contribution is 0.0937. The number of carbonyl (C=O) groups is 1. The average molecular weight is 484 g/mol. The van der Waals surface area contributed by atoms with Gasteiger partial charge in [0.2, 0.25) is 0 Å². The fourth-order valence-corrected chi connectivity index (χ4v) is 4.40. The number of aryl methyl sites for hydroxylation is 2. The summed E-state index contributed by atoms with van der Waals surface area (Å²) in [4.78, 5) is 17.7. The molecular formula is C31H37N3O2. The van der Waals surface area contributed by atoms with Gasteiger partial charge in [-0.05, 0) is 81.0 Å². The number of ether oxygens (including phenoxy) is 1. The molecule has 5 heteroatoms. The molecule has 0 aliphatic rings. The average Bonchev–Trinajstić information content (AvgIpc) is 3.27. The molecule has 0 aliphatic carbocycles. The van der Waals surface area contributed by atoms with E-state index in [1.54, 1.807) is 0 Å². The van der Waals surface area contributed by atoms with Crippen molar-refractivity contribution in [1.82, 2.24) is 14.9 Å². The van der Waals surface area contributed by atoms with Gasteiger partial charge in [0, 0.05) is 12.1 Å². The maximum Gasteiger partial charge on any atom is 0.251 e. The molecule has 2 atom stereocenters. The zero-order valence-corrected chi connectivity index (χ0v) is 21.8. The van der Waals surface area contributed by atoms with Crippen LogP contribution >= 0.6 is 0 Å². The van der Waals surface area contributed by atoms with E-state index in [1.807, 2.05) is 56.3 Å². The Labute approximate surface area is 214 Å². The first-order chi connectivity index (χ1) is 17.5. The van der Waals surface area contributed by atoms with Crippen LogP contribution < -0.4 is 10.1 Å². The normalized spacial score (nSPS) is 12.9. The summed E-state index contributed by atoms with van der Waals surface area (Å²) in [5.74, 6) is 2.28. The number of hydrogen-bond donors (Lipinski definition) is 1. The van der Waals surface area contributed by atoms with Gasteiger partial charge in [0.1, 0.15) is 11.6 Å². The van der Waals surface area contributed by atoms with E-state index >= 15 is 0 Å². The third-order valence-corrected chi connectivity index (χ3v) is 6.84. The van der Waals surface area contributed by atoms with E-state index in [-0.39, 0.29) is 11.9 Å². The monoisotopic (exact) mass is 483 g/mol. The number of imidazole rings is 1. The second-order valence-corrected chi connectivity index (χ2v) is 9.61. The van der Waals surface area contributed by atoms with Crippen LogP contribution in [0.4, 0.5) is 0 Å². The fourth-order valence-electron chi connectivity index (χ4n) is 4.40. The van der Waals surface area contributed by atoms with Crippen molar-refractivity contribution in [3.05, 3.63) is 95.3 Å². The van der Waals surface area contributed by atoms with E-state index < -0.39 is 0 Å². The molecule has 1 aromatic heterocycles. The summed E-state index contributed by atoms with van der Waals surface area (Å²) < 4.78 is 8.22. The van der Waals surface area contributed by atoms with Crippen molar-refractivity contribution in [2.45, 2.75) is 65.5 Å². The van der Waals surface area contributed by atoms with Crippen LogP contribution in [0.2, 0.25) is 0 Å². The Bertz CT molecular complexity index is 1280. The van der Waals surface area contributed by atoms with Crippen molar-refractivity contribution < 1.29 is 9.53 Å². The number of nitrogens with one attached hydrogen (secondary N) is 1. The highest BCUT2D eigenvalue weighted by molar-refractivity contribution is 5.94. The number of unbranched alkanes of at least 4 members (excludes halogenated alkanes) is 1. The zero-order chi connectivity index (χ0) is 25.5. The molecule has 2 unspecified atom stereocenters. The van der Waals surface area contributed by atoms with E-state index in [4.69, 9.17) is 9.72 Å². The Morgan fingerprint density at radius 2 is 1.69 bits per heavy atom. The van der Waals surface area contributed by atoms with Gasteiger partial charge in [0.25, 0.3) is 5.91 Å². The van der Waals surface area contributed by atoms with E-state index in [9.17, 15) is 4.79 Å². The van der Waals surface area contributed by atoms with E-state index in [1.165, 1.54) is 5.56 Å². The molecule has 0 radical (unpaired) electrons. The summed E-state index contributed by atoms with van der Waals surface area (Å²) >= 11 is 0. The Morgan fingerprint density at radius 3 is 2.42 bits per heavy atom. The number of aromatic nitrogens is 2. The second kappa shape index (κ2) is 11.9. The van der Waals surface area contributed by atoms with Crippen LogP contribution in [0, 0.1) is 6.92 Å². The third kappa shape index (κ3) is 6.14. The lowest BCUT2D eigenvalue weighted by atomic mass is 9.99. The third-order valence-electron chi connectivity index (χ3n) is 6.84. The van der Waals surface area contributed by atoms with Crippen LogP contribution in [0.1, 0.15) is 79.3 Å². The molecule has 1 heterocycles. The largest absolute Gasteiger partial charge is 0.494 e. The number of hydrogen-bond acceptors (Lipinski definition) is 3. The van der Waals surface area contributed by atoms with Gasteiger partial charge in [0.15, 0.2) is 0 Å². The summed E-state index contributed by atoms with van der Waals surface area (Å²) in [5.41, 5.74) is 5.18. The first-order valence-electron chi connectivity index (χ1n) is 13.0. The van der Waals surface area contributed by atoms with Gasteiger partial charge in [-0.1, -0.05) is 55.8 Å². The molecule has 0 bridgehead atoms. The molecule has 36 heavy (non-hydrogen) atoms. The number of nitrogens with zero attached hydrogens (tertiary/aromatic N) is 2. The van der Waals surface area contributed by atoms with Crippen LogP contribution in [0.3, 0.4) is 0 Å². The van der Waals surface area contributed by atoms with Crippen molar-refractivity contribution in [1.29, 1.82) is 0 Å². The zero-order valence-electron chi connectivity index (χ0n) is 21.8. The molecule has 1 amide bonds. The Kier molecular flexibility index (Phi) is 8.42. The molecular weight excluding hydrogens is 446 g/mol. The minimum atomic E-state index is -0.216. The maximum atomic E-state index is 12.8. The van der Waals surface area contributed by atoms with Gasteiger partial charge in [-0.25, -0.2) is 4.98 Å². The molecule has 4 aromatic rings. The van der Waals surface area contributed by atoms with Gasteiger partial charge < -0.3 is 14.6 Å². The Morgan fingerprint density at radius 1 is 0.972 bits per heavy atom. The number of amides is 1. The number of carbonyl (C=O) groups excluding carboxylic acids is 1. The highest BCUT2D eigenvalue weighted by Gasteiger charge is 2.19. The van der Waals surface area contributed by atoms with Gasteiger partial charge >= 0.3 is 0 Å². The summed E-state index contributed by atoms with van der Waals surface area (Å²) in [7, 11) is 0. The first-order valence-corrected chi connectivity index (χ1v) is 13.0. The molecule has 0 aliphatic heterocycles.